The van der Waals surface area contributed by atoms with Crippen LogP contribution in [0.1, 0.15) is 23.9 Å². The number of pyridine rings is 1. The standard InChI is InChI=1S/C14H19N5O/c1-4-12-8-11(7-10(2)17-12)5-6-19-9-16-13(15-3)18-14(19)20/h7-9H,4-6H2,1-3H3,(H,15,18,20). The molecule has 0 amide bonds. The number of aromatic nitrogens is 4. The smallest absolute Gasteiger partial charge is 0.352 e. The van der Waals surface area contributed by atoms with Crippen molar-refractivity contribution in [1.29, 1.82) is 0 Å². The van der Waals surface area contributed by atoms with Crippen LogP contribution in [0.15, 0.2) is 23.3 Å². The first kappa shape index (κ1) is 14.2. The van der Waals surface area contributed by atoms with Crippen LogP contribution in [0.25, 0.3) is 0 Å². The lowest BCUT2D eigenvalue weighted by Crippen LogP contribution is -2.25. The van der Waals surface area contributed by atoms with Crippen molar-refractivity contribution in [1.82, 2.24) is 19.5 Å². The predicted octanol–water partition coefficient (Wildman–Crippen LogP) is 1.19. The number of nitrogens with one attached hydrogen (secondary N) is 1. The summed E-state index contributed by atoms with van der Waals surface area (Å²) in [6.07, 6.45) is 3.20. The molecule has 2 rings (SSSR count). The van der Waals surface area contributed by atoms with Gasteiger partial charge in [-0.3, -0.25) is 9.55 Å². The third kappa shape index (κ3) is 3.40. The van der Waals surface area contributed by atoms with Crippen molar-refractivity contribution in [3.8, 4) is 0 Å². The van der Waals surface area contributed by atoms with E-state index in [1.165, 1.54) is 16.5 Å². The van der Waals surface area contributed by atoms with Gasteiger partial charge in [0.1, 0.15) is 6.33 Å². The van der Waals surface area contributed by atoms with E-state index in [1.54, 1.807) is 7.05 Å². The summed E-state index contributed by atoms with van der Waals surface area (Å²) >= 11 is 0. The zero-order valence-electron chi connectivity index (χ0n) is 12.1. The Morgan fingerprint density at radius 3 is 2.75 bits per heavy atom. The van der Waals surface area contributed by atoms with Crippen molar-refractivity contribution in [3.05, 3.63) is 45.9 Å². The minimum atomic E-state index is -0.286. The monoisotopic (exact) mass is 273 g/mol. The van der Waals surface area contributed by atoms with Gasteiger partial charge in [-0.1, -0.05) is 6.92 Å². The van der Waals surface area contributed by atoms with E-state index in [0.717, 1.165) is 24.2 Å². The fourth-order valence-corrected chi connectivity index (χ4v) is 2.02. The van der Waals surface area contributed by atoms with E-state index in [0.29, 0.717) is 12.5 Å². The SMILES string of the molecule is CCc1cc(CCn2cnc(NC)nc2=O)cc(C)n1. The molecule has 0 bridgehead atoms. The number of hydrogen-bond donors (Lipinski definition) is 1. The lowest BCUT2D eigenvalue weighted by molar-refractivity contribution is 0.632. The maximum absolute atomic E-state index is 11.8. The van der Waals surface area contributed by atoms with Gasteiger partial charge in [0.05, 0.1) is 0 Å². The highest BCUT2D eigenvalue weighted by Crippen LogP contribution is 2.08. The zero-order valence-corrected chi connectivity index (χ0v) is 12.1. The normalized spacial score (nSPS) is 10.6. The molecule has 0 aliphatic rings. The molecule has 0 aromatic carbocycles. The molecule has 0 unspecified atom stereocenters. The highest BCUT2D eigenvalue weighted by atomic mass is 16.1. The van der Waals surface area contributed by atoms with Crippen LogP contribution in [0.5, 0.6) is 0 Å². The highest BCUT2D eigenvalue weighted by Gasteiger charge is 2.03. The van der Waals surface area contributed by atoms with Crippen LogP contribution in [0.4, 0.5) is 5.95 Å². The fourth-order valence-electron chi connectivity index (χ4n) is 2.02. The van der Waals surface area contributed by atoms with Crippen LogP contribution in [-0.4, -0.2) is 26.6 Å². The summed E-state index contributed by atoms with van der Waals surface area (Å²) in [5.74, 6) is 0.347. The molecular weight excluding hydrogens is 254 g/mol. The van der Waals surface area contributed by atoms with E-state index in [4.69, 9.17) is 0 Å². The molecule has 0 aliphatic carbocycles. The molecule has 6 heteroatoms. The van der Waals surface area contributed by atoms with Gasteiger partial charge in [0.25, 0.3) is 0 Å². The number of aryl methyl sites for hydroxylation is 4. The molecule has 2 aromatic heterocycles. The second-order valence-electron chi connectivity index (χ2n) is 4.62. The first-order valence-electron chi connectivity index (χ1n) is 6.70. The molecule has 2 aromatic rings. The zero-order chi connectivity index (χ0) is 14.5. The van der Waals surface area contributed by atoms with Gasteiger partial charge in [-0.2, -0.15) is 4.98 Å². The Labute approximate surface area is 117 Å². The van der Waals surface area contributed by atoms with E-state index < -0.39 is 0 Å². The lowest BCUT2D eigenvalue weighted by Gasteiger charge is -2.07. The number of anilines is 1. The van der Waals surface area contributed by atoms with Crippen molar-refractivity contribution in [3.63, 3.8) is 0 Å². The Bertz CT molecular complexity index is 650. The summed E-state index contributed by atoms with van der Waals surface area (Å²) in [5, 5.41) is 2.75. The van der Waals surface area contributed by atoms with Crippen LogP contribution in [0, 0.1) is 6.92 Å². The molecule has 20 heavy (non-hydrogen) atoms. The number of hydrogen-bond acceptors (Lipinski definition) is 5. The minimum absolute atomic E-state index is 0.286. The highest BCUT2D eigenvalue weighted by molar-refractivity contribution is 5.21. The Hall–Kier alpha value is -2.24. The molecule has 0 saturated heterocycles. The van der Waals surface area contributed by atoms with Crippen molar-refractivity contribution in [2.45, 2.75) is 33.2 Å². The first-order chi connectivity index (χ1) is 9.62. The van der Waals surface area contributed by atoms with E-state index >= 15 is 0 Å². The average Bonchev–Trinajstić information content (AvgIpc) is 2.45. The van der Waals surface area contributed by atoms with Crippen LogP contribution in [0.2, 0.25) is 0 Å². The largest absolute Gasteiger partial charge is 0.357 e. The molecular formula is C14H19N5O. The van der Waals surface area contributed by atoms with Gasteiger partial charge in [0.15, 0.2) is 0 Å². The van der Waals surface area contributed by atoms with Crippen molar-refractivity contribution >= 4 is 5.95 Å². The Morgan fingerprint density at radius 2 is 2.10 bits per heavy atom. The Morgan fingerprint density at radius 1 is 1.30 bits per heavy atom. The molecule has 0 fully saturated rings. The maximum Gasteiger partial charge on any atom is 0.352 e. The van der Waals surface area contributed by atoms with Gasteiger partial charge in [-0.05, 0) is 37.5 Å². The molecule has 0 radical (unpaired) electrons. The van der Waals surface area contributed by atoms with Crippen molar-refractivity contribution in [2.24, 2.45) is 0 Å². The number of rotatable bonds is 5. The van der Waals surface area contributed by atoms with Gasteiger partial charge in [0.2, 0.25) is 5.95 Å². The van der Waals surface area contributed by atoms with Gasteiger partial charge in [-0.25, -0.2) is 9.78 Å². The molecule has 0 spiro atoms. The van der Waals surface area contributed by atoms with E-state index in [9.17, 15) is 4.79 Å². The molecule has 0 atom stereocenters. The van der Waals surface area contributed by atoms with Gasteiger partial charge < -0.3 is 5.32 Å². The topological polar surface area (TPSA) is 72.7 Å². The second kappa shape index (κ2) is 6.27. The molecule has 106 valence electrons. The van der Waals surface area contributed by atoms with Crippen LogP contribution < -0.4 is 11.0 Å². The molecule has 6 nitrogen and oxygen atoms in total. The van der Waals surface area contributed by atoms with Crippen LogP contribution in [-0.2, 0) is 19.4 Å². The fraction of sp³-hybridized carbons (Fsp3) is 0.429. The maximum atomic E-state index is 11.8. The summed E-state index contributed by atoms with van der Waals surface area (Å²) in [5.41, 5.74) is 2.98. The second-order valence-corrected chi connectivity index (χ2v) is 4.62. The Balaban J connectivity index is 2.12. The summed E-state index contributed by atoms with van der Waals surface area (Å²) in [4.78, 5) is 24.1. The van der Waals surface area contributed by atoms with Gasteiger partial charge in [-0.15, -0.1) is 0 Å². The molecule has 2 heterocycles. The summed E-state index contributed by atoms with van der Waals surface area (Å²) in [6.45, 7) is 4.63. The van der Waals surface area contributed by atoms with Crippen LogP contribution in [0.3, 0.4) is 0 Å². The first-order valence-corrected chi connectivity index (χ1v) is 6.70. The van der Waals surface area contributed by atoms with E-state index in [2.05, 4.69) is 33.3 Å². The minimum Gasteiger partial charge on any atom is -0.357 e. The lowest BCUT2D eigenvalue weighted by atomic mass is 10.1. The Kier molecular flexibility index (Phi) is 4.45. The summed E-state index contributed by atoms with van der Waals surface area (Å²) in [6, 6.07) is 4.13. The van der Waals surface area contributed by atoms with Crippen LogP contribution >= 0.6 is 0 Å². The third-order valence-corrected chi connectivity index (χ3v) is 3.06. The van der Waals surface area contributed by atoms with E-state index in [-0.39, 0.29) is 5.69 Å². The molecule has 0 saturated carbocycles. The number of nitrogens with zero attached hydrogens (tertiary/aromatic N) is 4. The summed E-state index contributed by atoms with van der Waals surface area (Å²) < 4.78 is 1.52. The summed E-state index contributed by atoms with van der Waals surface area (Å²) in [7, 11) is 1.69. The van der Waals surface area contributed by atoms with E-state index in [1.807, 2.05) is 13.0 Å². The van der Waals surface area contributed by atoms with Crippen molar-refractivity contribution < 1.29 is 0 Å². The molecule has 0 aliphatic heterocycles. The third-order valence-electron chi connectivity index (χ3n) is 3.06. The molecule has 1 N–H and O–H groups in total. The predicted molar refractivity (Wildman–Crippen MR) is 77.9 cm³/mol. The van der Waals surface area contributed by atoms with Gasteiger partial charge >= 0.3 is 5.69 Å². The van der Waals surface area contributed by atoms with Gasteiger partial charge in [0, 0.05) is 25.0 Å². The average molecular weight is 273 g/mol. The van der Waals surface area contributed by atoms with Crippen molar-refractivity contribution in [2.75, 3.05) is 12.4 Å². The quantitative estimate of drug-likeness (QED) is 0.886.